The number of fused-ring (bicyclic) bond motifs is 1. The van der Waals surface area contributed by atoms with Crippen LogP contribution in [-0.2, 0) is 14.3 Å². The molecule has 0 spiro atoms. The summed E-state index contributed by atoms with van der Waals surface area (Å²) in [5, 5.41) is 3.14. The van der Waals surface area contributed by atoms with Gasteiger partial charge in [-0.2, -0.15) is 0 Å². The van der Waals surface area contributed by atoms with Crippen LogP contribution in [0.5, 0.6) is 11.5 Å². The van der Waals surface area contributed by atoms with E-state index in [9.17, 15) is 14.4 Å². The van der Waals surface area contributed by atoms with Crippen molar-refractivity contribution >= 4 is 34.9 Å². The molecule has 2 aromatic carbocycles. The smallest absolute Gasteiger partial charge is 0.306 e. The molecule has 7 nitrogen and oxygen atoms in total. The summed E-state index contributed by atoms with van der Waals surface area (Å²) < 4.78 is 15.8. The molecule has 0 radical (unpaired) electrons. The van der Waals surface area contributed by atoms with Crippen molar-refractivity contribution in [3.8, 4) is 11.5 Å². The molecule has 146 valence electrons. The number of carbonyl (C=O) groups excluding carboxylic acids is 3. The van der Waals surface area contributed by atoms with E-state index in [0.29, 0.717) is 41.0 Å². The lowest BCUT2D eigenvalue weighted by atomic mass is 10.1. The Hall–Kier alpha value is -3.06. The van der Waals surface area contributed by atoms with Gasteiger partial charge in [0.2, 0.25) is 0 Å². The third kappa shape index (κ3) is 5.47. The van der Waals surface area contributed by atoms with Gasteiger partial charge in [-0.3, -0.25) is 14.4 Å². The second-order valence-electron chi connectivity index (χ2n) is 6.00. The molecule has 1 N–H and O–H groups in total. The summed E-state index contributed by atoms with van der Waals surface area (Å²) in [5.74, 6) is -0.161. The number of ether oxygens (including phenoxy) is 3. The monoisotopic (exact) mass is 403 g/mol. The number of rotatable bonds is 7. The molecule has 0 unspecified atom stereocenters. The molecule has 3 rings (SSSR count). The van der Waals surface area contributed by atoms with E-state index in [-0.39, 0.29) is 18.6 Å². The van der Waals surface area contributed by atoms with E-state index in [0.717, 1.165) is 0 Å². The van der Waals surface area contributed by atoms with Gasteiger partial charge in [0, 0.05) is 28.8 Å². The molecule has 0 saturated carbocycles. The van der Waals surface area contributed by atoms with Gasteiger partial charge in [0.1, 0.15) is 13.2 Å². The lowest BCUT2D eigenvalue weighted by Gasteiger charge is -2.19. The van der Waals surface area contributed by atoms with E-state index in [1.165, 1.54) is 0 Å². The van der Waals surface area contributed by atoms with Crippen LogP contribution in [0.2, 0.25) is 5.02 Å². The number of carbonyl (C=O) groups is 3. The Kier molecular flexibility index (Phi) is 6.49. The van der Waals surface area contributed by atoms with Crippen molar-refractivity contribution in [1.29, 1.82) is 0 Å². The quantitative estimate of drug-likeness (QED) is 0.563. The van der Waals surface area contributed by atoms with Gasteiger partial charge in [0.05, 0.1) is 6.42 Å². The fourth-order valence-electron chi connectivity index (χ4n) is 2.53. The topological polar surface area (TPSA) is 90.9 Å². The van der Waals surface area contributed by atoms with E-state index in [2.05, 4.69) is 5.32 Å². The molecular weight excluding hydrogens is 386 g/mol. The second kappa shape index (κ2) is 9.23. The zero-order valence-corrected chi connectivity index (χ0v) is 15.7. The summed E-state index contributed by atoms with van der Waals surface area (Å²) in [6, 6.07) is 11.4. The van der Waals surface area contributed by atoms with Gasteiger partial charge in [-0.15, -0.1) is 0 Å². The van der Waals surface area contributed by atoms with Crippen LogP contribution in [0.4, 0.5) is 5.69 Å². The van der Waals surface area contributed by atoms with Crippen molar-refractivity contribution in [2.24, 2.45) is 0 Å². The molecule has 8 heteroatoms. The van der Waals surface area contributed by atoms with Gasteiger partial charge >= 0.3 is 5.97 Å². The minimum atomic E-state index is -0.625. The first-order valence-corrected chi connectivity index (χ1v) is 9.03. The Morgan fingerprint density at radius 2 is 1.68 bits per heavy atom. The molecule has 1 heterocycles. The second-order valence-corrected chi connectivity index (χ2v) is 6.43. The lowest BCUT2D eigenvalue weighted by Crippen LogP contribution is -2.21. The zero-order chi connectivity index (χ0) is 19.9. The molecule has 0 saturated heterocycles. The third-order valence-corrected chi connectivity index (χ3v) is 4.16. The SMILES string of the molecule is O=C(COC(=O)CCC(=O)c1ccc(Cl)cc1)Nc1ccc2c(c1)OCCO2. The minimum Gasteiger partial charge on any atom is -0.486 e. The molecule has 1 aliphatic rings. The maximum atomic E-state index is 12.0. The number of nitrogens with one attached hydrogen (secondary N) is 1. The molecular formula is C20H18ClNO6. The standard InChI is InChI=1S/C20H18ClNO6/c21-14-3-1-13(2-4-14)16(23)6-8-20(25)28-12-19(24)22-15-5-7-17-18(11-15)27-10-9-26-17/h1-5,7,11H,6,8-10,12H2,(H,22,24). The normalized spacial score (nSPS) is 12.2. The summed E-state index contributed by atoms with van der Waals surface area (Å²) in [4.78, 5) is 35.7. The molecule has 0 atom stereocenters. The molecule has 0 aromatic heterocycles. The maximum absolute atomic E-state index is 12.0. The first kappa shape index (κ1) is 19.7. The predicted octanol–water partition coefficient (Wildman–Crippen LogP) is 3.26. The highest BCUT2D eigenvalue weighted by Crippen LogP contribution is 2.32. The number of esters is 1. The lowest BCUT2D eigenvalue weighted by molar-refractivity contribution is -0.147. The highest BCUT2D eigenvalue weighted by Gasteiger charge is 2.14. The number of hydrogen-bond acceptors (Lipinski definition) is 6. The number of amides is 1. The molecule has 0 aliphatic carbocycles. The Morgan fingerprint density at radius 3 is 2.43 bits per heavy atom. The fourth-order valence-corrected chi connectivity index (χ4v) is 2.66. The average molecular weight is 404 g/mol. The van der Waals surface area contributed by atoms with E-state index >= 15 is 0 Å². The third-order valence-electron chi connectivity index (χ3n) is 3.91. The maximum Gasteiger partial charge on any atom is 0.306 e. The Balaban J connectivity index is 1.41. The van der Waals surface area contributed by atoms with E-state index in [1.807, 2.05) is 0 Å². The van der Waals surface area contributed by atoms with Crippen molar-refractivity contribution in [3.05, 3.63) is 53.1 Å². The highest BCUT2D eigenvalue weighted by atomic mass is 35.5. The summed E-state index contributed by atoms with van der Waals surface area (Å²) in [6.07, 6.45) is -0.122. The van der Waals surface area contributed by atoms with Crippen LogP contribution in [0.3, 0.4) is 0 Å². The van der Waals surface area contributed by atoms with Crippen LogP contribution in [0, 0.1) is 0 Å². The van der Waals surface area contributed by atoms with Crippen LogP contribution in [0.1, 0.15) is 23.2 Å². The van der Waals surface area contributed by atoms with E-state index < -0.39 is 18.5 Å². The summed E-state index contributed by atoms with van der Waals surface area (Å²) in [5.41, 5.74) is 0.969. The van der Waals surface area contributed by atoms with E-state index in [4.69, 9.17) is 25.8 Å². The molecule has 1 amide bonds. The van der Waals surface area contributed by atoms with Gasteiger partial charge < -0.3 is 19.5 Å². The van der Waals surface area contributed by atoms with Gasteiger partial charge in [-0.05, 0) is 36.4 Å². The Bertz CT molecular complexity index is 881. The van der Waals surface area contributed by atoms with E-state index in [1.54, 1.807) is 42.5 Å². The molecule has 2 aromatic rings. The first-order chi connectivity index (χ1) is 13.5. The van der Waals surface area contributed by atoms with Gasteiger partial charge in [0.25, 0.3) is 5.91 Å². The van der Waals surface area contributed by atoms with Crippen LogP contribution in [-0.4, -0.2) is 37.5 Å². The van der Waals surface area contributed by atoms with Crippen molar-refractivity contribution in [2.45, 2.75) is 12.8 Å². The summed E-state index contributed by atoms with van der Waals surface area (Å²) in [6.45, 7) is 0.480. The van der Waals surface area contributed by atoms with Crippen molar-refractivity contribution < 1.29 is 28.6 Å². The van der Waals surface area contributed by atoms with Gasteiger partial charge in [-0.25, -0.2) is 0 Å². The predicted molar refractivity (Wildman–Crippen MR) is 102 cm³/mol. The summed E-state index contributed by atoms with van der Waals surface area (Å²) in [7, 11) is 0. The number of benzene rings is 2. The number of Topliss-reactive ketones (excluding diaryl/α,β-unsaturated/α-hetero) is 1. The number of ketones is 1. The zero-order valence-electron chi connectivity index (χ0n) is 14.9. The van der Waals surface area contributed by atoms with Crippen molar-refractivity contribution in [2.75, 3.05) is 25.1 Å². The molecule has 0 bridgehead atoms. The van der Waals surface area contributed by atoms with Gasteiger partial charge in [0.15, 0.2) is 23.9 Å². The minimum absolute atomic E-state index is 0.00968. The first-order valence-electron chi connectivity index (χ1n) is 8.65. The van der Waals surface area contributed by atoms with Crippen LogP contribution in [0.15, 0.2) is 42.5 Å². The Morgan fingerprint density at radius 1 is 0.964 bits per heavy atom. The van der Waals surface area contributed by atoms with Crippen molar-refractivity contribution in [1.82, 2.24) is 0 Å². The van der Waals surface area contributed by atoms with Crippen LogP contribution < -0.4 is 14.8 Å². The molecule has 1 aliphatic heterocycles. The molecule has 0 fully saturated rings. The Labute approximate surface area is 166 Å². The fraction of sp³-hybridized carbons (Fsp3) is 0.250. The van der Waals surface area contributed by atoms with Crippen LogP contribution in [0.25, 0.3) is 0 Å². The number of anilines is 1. The van der Waals surface area contributed by atoms with Gasteiger partial charge in [-0.1, -0.05) is 11.6 Å². The largest absolute Gasteiger partial charge is 0.486 e. The molecule has 28 heavy (non-hydrogen) atoms. The summed E-state index contributed by atoms with van der Waals surface area (Å²) >= 11 is 5.77. The van der Waals surface area contributed by atoms with Crippen molar-refractivity contribution in [3.63, 3.8) is 0 Å². The highest BCUT2D eigenvalue weighted by molar-refractivity contribution is 6.30. The number of halogens is 1. The van der Waals surface area contributed by atoms with Crippen LogP contribution >= 0.6 is 11.6 Å². The average Bonchev–Trinajstić information content (AvgIpc) is 2.71. The number of hydrogen-bond donors (Lipinski definition) is 1.